The van der Waals surface area contributed by atoms with E-state index in [2.05, 4.69) is 60.3 Å². The standard InChI is InChI=1S/C13H14N4S/c1-13(2,3)10-6-4-9(5-7-10)11-16-17-8-14-15-12(17)18-11/h4-8H,1-3H3. The van der Waals surface area contributed by atoms with Crippen molar-refractivity contribution in [2.75, 3.05) is 0 Å². The van der Waals surface area contributed by atoms with Gasteiger partial charge in [0.05, 0.1) is 0 Å². The van der Waals surface area contributed by atoms with Gasteiger partial charge in [-0.2, -0.15) is 9.61 Å². The molecule has 0 saturated carbocycles. The monoisotopic (exact) mass is 258 g/mol. The van der Waals surface area contributed by atoms with Gasteiger partial charge in [0.2, 0.25) is 4.96 Å². The van der Waals surface area contributed by atoms with E-state index in [0.29, 0.717) is 0 Å². The average Bonchev–Trinajstić information content (AvgIpc) is 2.88. The van der Waals surface area contributed by atoms with E-state index in [1.807, 2.05) is 0 Å². The molecule has 0 atom stereocenters. The van der Waals surface area contributed by atoms with Crippen LogP contribution in [0.4, 0.5) is 0 Å². The van der Waals surface area contributed by atoms with Crippen LogP contribution in [-0.4, -0.2) is 19.8 Å². The topological polar surface area (TPSA) is 43.1 Å². The minimum absolute atomic E-state index is 0.180. The molecular formula is C13H14N4S. The quantitative estimate of drug-likeness (QED) is 0.673. The Bertz CT molecular complexity index is 644. The maximum absolute atomic E-state index is 4.44. The molecule has 1 aromatic carbocycles. The second-order valence-electron chi connectivity index (χ2n) is 5.29. The van der Waals surface area contributed by atoms with Crippen molar-refractivity contribution in [2.24, 2.45) is 0 Å². The first-order valence-corrected chi connectivity index (χ1v) is 6.63. The summed E-state index contributed by atoms with van der Waals surface area (Å²) in [6, 6.07) is 8.56. The predicted molar refractivity (Wildman–Crippen MR) is 72.8 cm³/mol. The molecule has 0 N–H and O–H groups in total. The van der Waals surface area contributed by atoms with E-state index in [9.17, 15) is 0 Å². The van der Waals surface area contributed by atoms with E-state index < -0.39 is 0 Å². The molecule has 0 saturated heterocycles. The molecule has 92 valence electrons. The van der Waals surface area contributed by atoms with E-state index in [1.165, 1.54) is 5.56 Å². The van der Waals surface area contributed by atoms with Crippen LogP contribution < -0.4 is 0 Å². The van der Waals surface area contributed by atoms with E-state index in [4.69, 9.17) is 0 Å². The third-order valence-electron chi connectivity index (χ3n) is 2.88. The van der Waals surface area contributed by atoms with Gasteiger partial charge in [-0.1, -0.05) is 56.4 Å². The number of benzene rings is 1. The van der Waals surface area contributed by atoms with Crippen molar-refractivity contribution in [1.29, 1.82) is 0 Å². The van der Waals surface area contributed by atoms with Gasteiger partial charge in [0, 0.05) is 5.56 Å². The van der Waals surface area contributed by atoms with Gasteiger partial charge in [-0.3, -0.25) is 0 Å². The molecule has 0 aliphatic carbocycles. The number of hydrogen-bond acceptors (Lipinski definition) is 4. The zero-order valence-electron chi connectivity index (χ0n) is 10.6. The number of rotatable bonds is 1. The first-order chi connectivity index (χ1) is 8.54. The average molecular weight is 258 g/mol. The zero-order valence-corrected chi connectivity index (χ0v) is 11.4. The van der Waals surface area contributed by atoms with Crippen LogP contribution in [0, 0.1) is 0 Å². The lowest BCUT2D eigenvalue weighted by molar-refractivity contribution is 0.590. The fraction of sp³-hybridized carbons (Fsp3) is 0.308. The molecule has 5 heteroatoms. The smallest absolute Gasteiger partial charge is 0.190 e. The number of fused-ring (bicyclic) bond motifs is 1. The summed E-state index contributed by atoms with van der Waals surface area (Å²) >= 11 is 1.55. The summed E-state index contributed by atoms with van der Waals surface area (Å²) in [5.74, 6) is 0. The highest BCUT2D eigenvalue weighted by Crippen LogP contribution is 2.28. The second-order valence-corrected chi connectivity index (χ2v) is 6.25. The van der Waals surface area contributed by atoms with Crippen molar-refractivity contribution >= 4 is 16.3 Å². The first-order valence-electron chi connectivity index (χ1n) is 5.82. The van der Waals surface area contributed by atoms with Crippen LogP contribution in [0.25, 0.3) is 15.5 Å². The van der Waals surface area contributed by atoms with E-state index in [0.717, 1.165) is 15.5 Å². The summed E-state index contributed by atoms with van der Waals surface area (Å²) in [6.45, 7) is 6.64. The Hall–Kier alpha value is -1.75. The van der Waals surface area contributed by atoms with Crippen molar-refractivity contribution in [3.63, 3.8) is 0 Å². The van der Waals surface area contributed by atoms with Gasteiger partial charge in [-0.15, -0.1) is 10.2 Å². The minimum Gasteiger partial charge on any atom is -0.190 e. The molecule has 0 aliphatic rings. The first kappa shape index (κ1) is 11.3. The van der Waals surface area contributed by atoms with Gasteiger partial charge >= 0.3 is 0 Å². The SMILES string of the molecule is CC(C)(C)c1ccc(-c2nn3cnnc3s2)cc1. The Kier molecular flexibility index (Phi) is 2.45. The fourth-order valence-electron chi connectivity index (χ4n) is 1.79. The summed E-state index contributed by atoms with van der Waals surface area (Å²) in [6.07, 6.45) is 1.62. The summed E-state index contributed by atoms with van der Waals surface area (Å²) < 4.78 is 1.71. The molecular weight excluding hydrogens is 244 g/mol. The molecule has 2 heterocycles. The molecule has 2 aromatic heterocycles. The van der Waals surface area contributed by atoms with Crippen molar-refractivity contribution in [3.05, 3.63) is 36.2 Å². The predicted octanol–water partition coefficient (Wildman–Crippen LogP) is 3.15. The van der Waals surface area contributed by atoms with Crippen molar-refractivity contribution in [2.45, 2.75) is 26.2 Å². The third-order valence-corrected chi connectivity index (χ3v) is 3.85. The Morgan fingerprint density at radius 2 is 1.83 bits per heavy atom. The van der Waals surface area contributed by atoms with Gasteiger partial charge in [0.15, 0.2) is 0 Å². The maximum atomic E-state index is 4.44. The normalized spacial score (nSPS) is 12.2. The molecule has 3 aromatic rings. The molecule has 0 unspecified atom stereocenters. The molecule has 3 rings (SSSR count). The molecule has 0 radical (unpaired) electrons. The van der Waals surface area contributed by atoms with E-state index in [-0.39, 0.29) is 5.41 Å². The Balaban J connectivity index is 2.00. The maximum Gasteiger partial charge on any atom is 0.234 e. The Morgan fingerprint density at radius 1 is 1.11 bits per heavy atom. The fourth-order valence-corrected chi connectivity index (χ4v) is 2.61. The summed E-state index contributed by atoms with van der Waals surface area (Å²) in [4.78, 5) is 0.824. The van der Waals surface area contributed by atoms with Crippen LogP contribution in [0.5, 0.6) is 0 Å². The number of nitrogens with zero attached hydrogens (tertiary/aromatic N) is 4. The van der Waals surface area contributed by atoms with Crippen LogP contribution in [-0.2, 0) is 5.41 Å². The summed E-state index contributed by atoms with van der Waals surface area (Å²) in [7, 11) is 0. The molecule has 0 fully saturated rings. The van der Waals surface area contributed by atoms with Crippen LogP contribution >= 0.6 is 11.3 Å². The zero-order chi connectivity index (χ0) is 12.8. The summed E-state index contributed by atoms with van der Waals surface area (Å²) in [5.41, 5.74) is 2.63. The highest BCUT2D eigenvalue weighted by Gasteiger charge is 2.14. The Labute approximate surface area is 109 Å². The second kappa shape index (κ2) is 3.88. The summed E-state index contributed by atoms with van der Waals surface area (Å²) in [5, 5.41) is 13.2. The highest BCUT2D eigenvalue weighted by molar-refractivity contribution is 7.19. The largest absolute Gasteiger partial charge is 0.234 e. The van der Waals surface area contributed by atoms with Crippen molar-refractivity contribution in [1.82, 2.24) is 19.8 Å². The van der Waals surface area contributed by atoms with E-state index in [1.54, 1.807) is 22.2 Å². The molecule has 0 bridgehead atoms. The van der Waals surface area contributed by atoms with Crippen LogP contribution in [0.15, 0.2) is 30.6 Å². The van der Waals surface area contributed by atoms with Crippen LogP contribution in [0.1, 0.15) is 26.3 Å². The van der Waals surface area contributed by atoms with Gasteiger partial charge in [0.1, 0.15) is 11.3 Å². The van der Waals surface area contributed by atoms with Gasteiger partial charge in [-0.25, -0.2) is 0 Å². The van der Waals surface area contributed by atoms with Crippen LogP contribution in [0.2, 0.25) is 0 Å². The van der Waals surface area contributed by atoms with Crippen molar-refractivity contribution in [3.8, 4) is 10.6 Å². The highest BCUT2D eigenvalue weighted by atomic mass is 32.1. The molecule has 0 amide bonds. The van der Waals surface area contributed by atoms with Gasteiger partial charge in [-0.05, 0) is 11.0 Å². The van der Waals surface area contributed by atoms with Gasteiger partial charge < -0.3 is 0 Å². The Morgan fingerprint density at radius 3 is 2.44 bits per heavy atom. The molecule has 0 spiro atoms. The molecule has 18 heavy (non-hydrogen) atoms. The third kappa shape index (κ3) is 1.90. The number of aromatic nitrogens is 4. The molecule has 0 aliphatic heterocycles. The van der Waals surface area contributed by atoms with Gasteiger partial charge in [0.25, 0.3) is 0 Å². The molecule has 4 nitrogen and oxygen atoms in total. The van der Waals surface area contributed by atoms with Crippen molar-refractivity contribution < 1.29 is 0 Å². The van der Waals surface area contributed by atoms with E-state index >= 15 is 0 Å². The minimum atomic E-state index is 0.180. The van der Waals surface area contributed by atoms with Crippen LogP contribution in [0.3, 0.4) is 0 Å². The number of hydrogen-bond donors (Lipinski definition) is 0. The lowest BCUT2D eigenvalue weighted by Crippen LogP contribution is -2.10. The lowest BCUT2D eigenvalue weighted by atomic mass is 9.87. The lowest BCUT2D eigenvalue weighted by Gasteiger charge is -2.18.